The van der Waals surface area contributed by atoms with Crippen LogP contribution in [0, 0.1) is 11.7 Å². The van der Waals surface area contributed by atoms with Crippen LogP contribution >= 0.6 is 0 Å². The smallest absolute Gasteiger partial charge is 0.244 e. The SMILES string of the molecule is CCC(C(C)C)N1C(=O)C2(CC2)NC1c1ccccc1F. The highest BCUT2D eigenvalue weighted by Crippen LogP contribution is 2.47. The van der Waals surface area contributed by atoms with Crippen molar-refractivity contribution >= 4 is 5.91 Å². The molecule has 3 nitrogen and oxygen atoms in total. The van der Waals surface area contributed by atoms with Gasteiger partial charge in [0.25, 0.3) is 0 Å². The van der Waals surface area contributed by atoms with Gasteiger partial charge in [0.2, 0.25) is 5.91 Å². The minimum atomic E-state index is -0.421. The maximum atomic E-state index is 14.2. The molecule has 2 fully saturated rings. The monoisotopic (exact) mass is 290 g/mol. The Kier molecular flexibility index (Phi) is 3.52. The van der Waals surface area contributed by atoms with Gasteiger partial charge in [0, 0.05) is 11.6 Å². The molecule has 0 aromatic heterocycles. The van der Waals surface area contributed by atoms with Crippen molar-refractivity contribution in [3.8, 4) is 0 Å². The zero-order valence-electron chi connectivity index (χ0n) is 12.9. The fourth-order valence-corrected chi connectivity index (χ4v) is 3.50. The summed E-state index contributed by atoms with van der Waals surface area (Å²) in [6, 6.07) is 6.90. The van der Waals surface area contributed by atoms with Crippen LogP contribution in [0.25, 0.3) is 0 Å². The largest absolute Gasteiger partial charge is 0.318 e. The molecule has 1 saturated carbocycles. The Morgan fingerprint density at radius 3 is 2.57 bits per heavy atom. The molecule has 0 radical (unpaired) electrons. The maximum absolute atomic E-state index is 14.2. The highest BCUT2D eigenvalue weighted by molar-refractivity contribution is 5.92. The number of carbonyl (C=O) groups is 1. The summed E-state index contributed by atoms with van der Waals surface area (Å²) >= 11 is 0. The van der Waals surface area contributed by atoms with Gasteiger partial charge in [-0.1, -0.05) is 39.0 Å². The Hall–Kier alpha value is -1.42. The van der Waals surface area contributed by atoms with Crippen LogP contribution in [0.1, 0.15) is 51.8 Å². The van der Waals surface area contributed by atoms with Crippen LogP contribution in [0.15, 0.2) is 24.3 Å². The molecule has 4 heteroatoms. The average Bonchev–Trinajstić information content (AvgIpc) is 3.17. The molecule has 1 aliphatic carbocycles. The number of halogens is 1. The summed E-state index contributed by atoms with van der Waals surface area (Å²) in [7, 11) is 0. The standard InChI is InChI=1S/C17H23FN2O/c1-4-14(11(2)3)20-15(12-7-5-6-8-13(12)18)19-17(9-10-17)16(20)21/h5-8,11,14-15,19H,4,9-10H2,1-3H3. The van der Waals surface area contributed by atoms with E-state index in [1.165, 1.54) is 6.07 Å². The summed E-state index contributed by atoms with van der Waals surface area (Å²) in [6.07, 6.45) is 2.27. The third kappa shape index (κ3) is 2.26. The number of rotatable bonds is 4. The summed E-state index contributed by atoms with van der Waals surface area (Å²) in [5.74, 6) is 0.254. The predicted molar refractivity (Wildman–Crippen MR) is 80.0 cm³/mol. The Morgan fingerprint density at radius 2 is 2.05 bits per heavy atom. The van der Waals surface area contributed by atoms with Crippen molar-refractivity contribution in [2.45, 2.75) is 57.8 Å². The van der Waals surface area contributed by atoms with E-state index < -0.39 is 5.54 Å². The van der Waals surface area contributed by atoms with Crippen LogP contribution < -0.4 is 5.32 Å². The topological polar surface area (TPSA) is 32.3 Å². The molecule has 114 valence electrons. The second-order valence-corrected chi connectivity index (χ2v) is 6.58. The van der Waals surface area contributed by atoms with E-state index in [0.29, 0.717) is 11.5 Å². The summed E-state index contributed by atoms with van der Waals surface area (Å²) in [6.45, 7) is 6.34. The van der Waals surface area contributed by atoms with E-state index in [4.69, 9.17) is 0 Å². The van der Waals surface area contributed by atoms with Crippen LogP contribution in [0.3, 0.4) is 0 Å². The van der Waals surface area contributed by atoms with Crippen molar-refractivity contribution < 1.29 is 9.18 Å². The molecule has 2 unspecified atom stereocenters. The molecule has 1 saturated heterocycles. The fraction of sp³-hybridized carbons (Fsp3) is 0.588. The lowest BCUT2D eigenvalue weighted by Gasteiger charge is -2.35. The van der Waals surface area contributed by atoms with E-state index >= 15 is 0 Å². The average molecular weight is 290 g/mol. The van der Waals surface area contributed by atoms with Crippen LogP contribution in [-0.2, 0) is 4.79 Å². The van der Waals surface area contributed by atoms with E-state index in [2.05, 4.69) is 26.1 Å². The minimum Gasteiger partial charge on any atom is -0.318 e. The van der Waals surface area contributed by atoms with Crippen molar-refractivity contribution in [1.29, 1.82) is 0 Å². The zero-order valence-corrected chi connectivity index (χ0v) is 12.9. The second kappa shape index (κ2) is 5.09. The van der Waals surface area contributed by atoms with Gasteiger partial charge in [-0.15, -0.1) is 0 Å². The highest BCUT2D eigenvalue weighted by Gasteiger charge is 2.60. The molecule has 2 atom stereocenters. The molecule has 1 aromatic carbocycles. The first-order valence-electron chi connectivity index (χ1n) is 7.85. The van der Waals surface area contributed by atoms with E-state index in [9.17, 15) is 9.18 Å². The van der Waals surface area contributed by atoms with Gasteiger partial charge >= 0.3 is 0 Å². The van der Waals surface area contributed by atoms with Crippen LogP contribution in [0.5, 0.6) is 0 Å². The molecular formula is C17H23FN2O. The van der Waals surface area contributed by atoms with Gasteiger partial charge in [-0.3, -0.25) is 10.1 Å². The fourth-order valence-electron chi connectivity index (χ4n) is 3.50. The van der Waals surface area contributed by atoms with Crippen molar-refractivity contribution in [2.75, 3.05) is 0 Å². The highest BCUT2D eigenvalue weighted by atomic mass is 19.1. The number of nitrogens with zero attached hydrogens (tertiary/aromatic N) is 1. The molecule has 1 aromatic rings. The first kappa shape index (κ1) is 14.5. The van der Waals surface area contributed by atoms with E-state index in [-0.39, 0.29) is 23.9 Å². The molecule has 21 heavy (non-hydrogen) atoms. The summed E-state index contributed by atoms with van der Waals surface area (Å²) in [5, 5.41) is 3.40. The first-order chi connectivity index (χ1) is 10.00. The van der Waals surface area contributed by atoms with E-state index in [1.54, 1.807) is 12.1 Å². The van der Waals surface area contributed by atoms with Gasteiger partial charge in [0.05, 0.1) is 0 Å². The summed E-state index contributed by atoms with van der Waals surface area (Å²) < 4.78 is 14.2. The summed E-state index contributed by atoms with van der Waals surface area (Å²) in [5.41, 5.74) is 0.156. The Labute approximate surface area is 125 Å². The molecular weight excluding hydrogens is 267 g/mol. The normalized spacial score (nSPS) is 24.9. The van der Waals surface area contributed by atoms with Gasteiger partial charge < -0.3 is 4.90 Å². The van der Waals surface area contributed by atoms with Crippen LogP contribution in [-0.4, -0.2) is 22.4 Å². The first-order valence-corrected chi connectivity index (χ1v) is 7.85. The molecule has 2 aliphatic rings. The Balaban J connectivity index is 2.01. The van der Waals surface area contributed by atoms with Gasteiger partial charge in [0.1, 0.15) is 17.5 Å². The number of hydrogen-bond donors (Lipinski definition) is 1. The van der Waals surface area contributed by atoms with Crippen LogP contribution in [0.2, 0.25) is 0 Å². The summed E-state index contributed by atoms with van der Waals surface area (Å²) in [4.78, 5) is 14.7. The van der Waals surface area contributed by atoms with Crippen molar-refractivity contribution in [2.24, 2.45) is 5.92 Å². The van der Waals surface area contributed by atoms with Gasteiger partial charge in [-0.05, 0) is 31.2 Å². The molecule has 3 rings (SSSR count). The van der Waals surface area contributed by atoms with Crippen molar-refractivity contribution in [3.05, 3.63) is 35.6 Å². The second-order valence-electron chi connectivity index (χ2n) is 6.58. The van der Waals surface area contributed by atoms with E-state index in [0.717, 1.165) is 19.3 Å². The molecule has 1 spiro atoms. The zero-order chi connectivity index (χ0) is 15.2. The number of amides is 1. The van der Waals surface area contributed by atoms with Gasteiger partial charge in [-0.25, -0.2) is 4.39 Å². The number of nitrogens with one attached hydrogen (secondary N) is 1. The van der Waals surface area contributed by atoms with E-state index in [1.807, 2.05) is 11.0 Å². The molecule has 1 aliphatic heterocycles. The molecule has 1 heterocycles. The van der Waals surface area contributed by atoms with Crippen molar-refractivity contribution in [1.82, 2.24) is 10.2 Å². The molecule has 1 N–H and O–H groups in total. The lowest BCUT2D eigenvalue weighted by Crippen LogP contribution is -2.43. The lowest BCUT2D eigenvalue weighted by atomic mass is 9.98. The van der Waals surface area contributed by atoms with Crippen molar-refractivity contribution in [3.63, 3.8) is 0 Å². The Bertz CT molecular complexity index is 553. The minimum absolute atomic E-state index is 0.134. The maximum Gasteiger partial charge on any atom is 0.244 e. The van der Waals surface area contributed by atoms with Gasteiger partial charge in [-0.2, -0.15) is 0 Å². The third-order valence-corrected chi connectivity index (χ3v) is 4.83. The van der Waals surface area contributed by atoms with Gasteiger partial charge in [0.15, 0.2) is 0 Å². The molecule has 0 bridgehead atoms. The lowest BCUT2D eigenvalue weighted by molar-refractivity contribution is -0.134. The number of benzene rings is 1. The van der Waals surface area contributed by atoms with Crippen LogP contribution in [0.4, 0.5) is 4.39 Å². The predicted octanol–water partition coefficient (Wildman–Crippen LogP) is 3.22. The molecule has 1 amide bonds. The third-order valence-electron chi connectivity index (χ3n) is 4.83. The number of carbonyl (C=O) groups excluding carboxylic acids is 1. The quantitative estimate of drug-likeness (QED) is 0.923. The number of hydrogen-bond acceptors (Lipinski definition) is 2. The Morgan fingerprint density at radius 1 is 1.38 bits per heavy atom.